The van der Waals surface area contributed by atoms with Gasteiger partial charge in [0.1, 0.15) is 0 Å². The van der Waals surface area contributed by atoms with E-state index in [1.807, 2.05) is 0 Å². The highest BCUT2D eigenvalue weighted by atomic mass is 16.5. The van der Waals surface area contributed by atoms with Crippen molar-refractivity contribution >= 4 is 29.4 Å². The van der Waals surface area contributed by atoms with E-state index in [-0.39, 0.29) is 36.3 Å². The van der Waals surface area contributed by atoms with Crippen LogP contribution >= 0.6 is 0 Å². The van der Waals surface area contributed by atoms with Crippen molar-refractivity contribution in [2.75, 3.05) is 25.1 Å². The highest BCUT2D eigenvalue weighted by Gasteiger charge is 2.37. The number of hydrogen-bond acceptors (Lipinski definition) is 6. The van der Waals surface area contributed by atoms with Gasteiger partial charge in [-0.1, -0.05) is 0 Å². The number of nitrogens with zero attached hydrogens (tertiary/aromatic N) is 1. The summed E-state index contributed by atoms with van der Waals surface area (Å²) in [6.07, 6.45) is 1.59. The maximum atomic E-state index is 12.8. The first-order valence-corrected chi connectivity index (χ1v) is 10.2. The molecule has 0 saturated carbocycles. The van der Waals surface area contributed by atoms with Crippen LogP contribution in [0.15, 0.2) is 42.5 Å². The minimum absolute atomic E-state index is 0.137. The second-order valence-electron chi connectivity index (χ2n) is 7.37. The molecule has 2 aromatic rings. The monoisotopic (exact) mass is 422 g/mol. The molecule has 1 saturated heterocycles. The summed E-state index contributed by atoms with van der Waals surface area (Å²) in [4.78, 5) is 50.9. The molecule has 0 radical (unpaired) electrons. The Morgan fingerprint density at radius 3 is 2.45 bits per heavy atom. The quantitative estimate of drug-likeness (QED) is 0.567. The fraction of sp³-hybridized carbons (Fsp3) is 0.304. The van der Waals surface area contributed by atoms with Crippen molar-refractivity contribution < 1.29 is 28.7 Å². The molecule has 8 nitrogen and oxygen atoms in total. The number of nitrogens with one attached hydrogen (secondary N) is 1. The summed E-state index contributed by atoms with van der Waals surface area (Å²) in [5.41, 5.74) is 1.63. The van der Waals surface area contributed by atoms with Crippen LogP contribution < -0.4 is 5.32 Å². The van der Waals surface area contributed by atoms with Gasteiger partial charge in [-0.15, -0.1) is 0 Å². The van der Waals surface area contributed by atoms with Crippen LogP contribution in [0.3, 0.4) is 0 Å². The van der Waals surface area contributed by atoms with Crippen molar-refractivity contribution in [3.8, 4) is 0 Å². The number of carbonyl (C=O) groups excluding carboxylic acids is 4. The van der Waals surface area contributed by atoms with Crippen molar-refractivity contribution in [1.82, 2.24) is 4.90 Å². The van der Waals surface area contributed by atoms with E-state index in [1.54, 1.807) is 31.2 Å². The van der Waals surface area contributed by atoms with Crippen LogP contribution in [0.1, 0.15) is 61.2 Å². The zero-order chi connectivity index (χ0) is 22.0. The molecule has 1 atom stereocenters. The van der Waals surface area contributed by atoms with Gasteiger partial charge in [-0.05, 0) is 62.2 Å². The Kier molecular flexibility index (Phi) is 5.81. The van der Waals surface area contributed by atoms with E-state index < -0.39 is 17.8 Å². The predicted octanol–water partition coefficient (Wildman–Crippen LogP) is 2.89. The average molecular weight is 422 g/mol. The smallest absolute Gasteiger partial charge is 0.338 e. The fourth-order valence-electron chi connectivity index (χ4n) is 3.70. The van der Waals surface area contributed by atoms with Gasteiger partial charge >= 0.3 is 5.97 Å². The Balaban J connectivity index is 1.46. The molecule has 1 fully saturated rings. The van der Waals surface area contributed by atoms with Gasteiger partial charge in [0.05, 0.1) is 35.9 Å². The number of ether oxygens (including phenoxy) is 2. The molecule has 0 aliphatic carbocycles. The first-order valence-electron chi connectivity index (χ1n) is 10.2. The summed E-state index contributed by atoms with van der Waals surface area (Å²) in [6, 6.07) is 10.8. The number of benzene rings is 2. The van der Waals surface area contributed by atoms with Gasteiger partial charge in [0.15, 0.2) is 0 Å². The summed E-state index contributed by atoms with van der Waals surface area (Å²) in [6.45, 7) is 2.87. The number of fused-ring (bicyclic) bond motifs is 1. The van der Waals surface area contributed by atoms with Crippen LogP contribution in [0.5, 0.6) is 0 Å². The average Bonchev–Trinajstić information content (AvgIpc) is 3.37. The lowest BCUT2D eigenvalue weighted by atomic mass is 10.1. The lowest BCUT2D eigenvalue weighted by Gasteiger charge is -2.17. The standard InChI is InChI=1S/C23H22N2O6/c1-2-30-23(29)14-5-8-16(9-6-14)24-20(26)15-7-10-18-19(12-15)22(28)25(21(18)27)13-17-4-3-11-31-17/h5-10,12,17H,2-4,11,13H2,1H3,(H,24,26)/t17-/m0/s1. The van der Waals surface area contributed by atoms with E-state index in [0.717, 1.165) is 12.8 Å². The molecule has 0 bridgehead atoms. The maximum Gasteiger partial charge on any atom is 0.338 e. The number of carbonyl (C=O) groups is 4. The van der Waals surface area contributed by atoms with E-state index in [9.17, 15) is 19.2 Å². The Bertz CT molecular complexity index is 1040. The molecule has 2 aliphatic heterocycles. The van der Waals surface area contributed by atoms with Crippen LogP contribution in [-0.2, 0) is 9.47 Å². The van der Waals surface area contributed by atoms with Crippen LogP contribution in [0.25, 0.3) is 0 Å². The third-order valence-electron chi connectivity index (χ3n) is 5.30. The summed E-state index contributed by atoms with van der Waals surface area (Å²) in [5.74, 6) is -1.64. The number of esters is 1. The number of imide groups is 1. The molecule has 1 N–H and O–H groups in total. The van der Waals surface area contributed by atoms with Crippen molar-refractivity contribution in [3.63, 3.8) is 0 Å². The van der Waals surface area contributed by atoms with E-state index in [1.165, 1.54) is 23.1 Å². The second-order valence-corrected chi connectivity index (χ2v) is 7.37. The van der Waals surface area contributed by atoms with Gasteiger partial charge in [-0.2, -0.15) is 0 Å². The van der Waals surface area contributed by atoms with Gasteiger partial charge in [0, 0.05) is 17.9 Å². The summed E-state index contributed by atoms with van der Waals surface area (Å²) < 4.78 is 10.5. The zero-order valence-electron chi connectivity index (χ0n) is 17.1. The largest absolute Gasteiger partial charge is 0.462 e. The van der Waals surface area contributed by atoms with Crippen molar-refractivity contribution in [2.45, 2.75) is 25.9 Å². The zero-order valence-corrected chi connectivity index (χ0v) is 17.1. The SMILES string of the molecule is CCOC(=O)c1ccc(NC(=O)c2ccc3c(c2)C(=O)N(C[C@@H]2CCCO2)C3=O)cc1. The first kappa shape index (κ1) is 20.7. The van der Waals surface area contributed by atoms with Gasteiger partial charge in [-0.25, -0.2) is 4.79 Å². The molecular formula is C23H22N2O6. The predicted molar refractivity (Wildman–Crippen MR) is 111 cm³/mol. The Labute approximate surface area is 179 Å². The lowest BCUT2D eigenvalue weighted by molar-refractivity contribution is 0.0474. The molecule has 160 valence electrons. The maximum absolute atomic E-state index is 12.8. The fourth-order valence-corrected chi connectivity index (χ4v) is 3.70. The molecular weight excluding hydrogens is 400 g/mol. The molecule has 0 aromatic heterocycles. The van der Waals surface area contributed by atoms with E-state index in [2.05, 4.69) is 5.32 Å². The van der Waals surface area contributed by atoms with E-state index in [0.29, 0.717) is 23.4 Å². The summed E-state index contributed by atoms with van der Waals surface area (Å²) in [7, 11) is 0. The van der Waals surface area contributed by atoms with Crippen LogP contribution in [0, 0.1) is 0 Å². The number of amides is 3. The van der Waals surface area contributed by atoms with Gasteiger partial charge in [0.25, 0.3) is 17.7 Å². The Morgan fingerprint density at radius 2 is 1.77 bits per heavy atom. The molecule has 3 amide bonds. The van der Waals surface area contributed by atoms with Gasteiger partial charge < -0.3 is 14.8 Å². The number of rotatable bonds is 6. The lowest BCUT2D eigenvalue weighted by Crippen LogP contribution is -2.36. The minimum Gasteiger partial charge on any atom is -0.462 e. The van der Waals surface area contributed by atoms with Crippen molar-refractivity contribution in [2.24, 2.45) is 0 Å². The number of hydrogen-bond donors (Lipinski definition) is 1. The third kappa shape index (κ3) is 4.20. The molecule has 31 heavy (non-hydrogen) atoms. The van der Waals surface area contributed by atoms with Crippen LogP contribution in [0.2, 0.25) is 0 Å². The molecule has 2 heterocycles. The van der Waals surface area contributed by atoms with Crippen molar-refractivity contribution in [3.05, 3.63) is 64.7 Å². The molecule has 0 spiro atoms. The Hall–Kier alpha value is -3.52. The first-order chi connectivity index (χ1) is 15.0. The van der Waals surface area contributed by atoms with E-state index in [4.69, 9.17) is 9.47 Å². The van der Waals surface area contributed by atoms with Crippen LogP contribution in [0.4, 0.5) is 5.69 Å². The normalized spacial score (nSPS) is 17.6. The second kappa shape index (κ2) is 8.69. The van der Waals surface area contributed by atoms with Gasteiger partial charge in [-0.3, -0.25) is 19.3 Å². The highest BCUT2D eigenvalue weighted by Crippen LogP contribution is 2.26. The summed E-state index contributed by atoms with van der Waals surface area (Å²) >= 11 is 0. The number of anilines is 1. The summed E-state index contributed by atoms with van der Waals surface area (Å²) in [5, 5.41) is 2.72. The molecule has 2 aliphatic rings. The topological polar surface area (TPSA) is 102 Å². The van der Waals surface area contributed by atoms with Crippen molar-refractivity contribution in [1.29, 1.82) is 0 Å². The molecule has 4 rings (SSSR count). The molecule has 8 heteroatoms. The van der Waals surface area contributed by atoms with E-state index >= 15 is 0 Å². The highest BCUT2D eigenvalue weighted by molar-refractivity contribution is 6.22. The van der Waals surface area contributed by atoms with Gasteiger partial charge in [0.2, 0.25) is 0 Å². The molecule has 2 aromatic carbocycles. The van der Waals surface area contributed by atoms with Crippen LogP contribution in [-0.4, -0.2) is 54.5 Å². The minimum atomic E-state index is -0.435. The Morgan fingerprint density at radius 1 is 1.06 bits per heavy atom. The molecule has 0 unspecified atom stereocenters. The third-order valence-corrected chi connectivity index (χ3v) is 5.30.